The number of anilines is 1. The highest BCUT2D eigenvalue weighted by molar-refractivity contribution is 8.01. The molecule has 0 spiro atoms. The maximum Gasteiger partial charge on any atom is 0.257 e. The van der Waals surface area contributed by atoms with Crippen molar-refractivity contribution in [2.45, 2.75) is 31.0 Å². The van der Waals surface area contributed by atoms with Crippen molar-refractivity contribution in [3.05, 3.63) is 53.7 Å². The Morgan fingerprint density at radius 2 is 1.92 bits per heavy atom. The first-order chi connectivity index (χ1) is 12.7. The minimum Gasteiger partial charge on any atom is -0.296 e. The molecule has 1 aromatic carbocycles. The zero-order chi connectivity index (χ0) is 18.4. The molecule has 2 heterocycles. The monoisotopic (exact) mass is 384 g/mol. The third-order valence-corrected chi connectivity index (χ3v) is 5.56. The molecule has 0 radical (unpaired) electrons. The Bertz CT molecular complexity index is 860. The number of carbonyl (C=O) groups is 1. The number of aromatic nitrogens is 3. The number of hydrogen-bond acceptors (Lipinski definition) is 6. The van der Waals surface area contributed by atoms with Gasteiger partial charge in [0.2, 0.25) is 5.13 Å². The number of rotatable bonds is 7. The standard InChI is InChI=1S/C19H20N4OS2/c1-3-5-13-6-11-16(20-12-13)14-7-9-15(10-8-14)17(24)21-18-22-23-19(26-18)25-4-2/h6-12H,3-5H2,1-2H3,(H,21,22,24). The van der Waals surface area contributed by atoms with Crippen LogP contribution in [0.5, 0.6) is 0 Å². The second kappa shape index (κ2) is 8.91. The average Bonchev–Trinajstić information content (AvgIpc) is 3.10. The van der Waals surface area contributed by atoms with Crippen LogP contribution in [-0.4, -0.2) is 26.8 Å². The maximum atomic E-state index is 12.4. The van der Waals surface area contributed by atoms with Crippen molar-refractivity contribution in [2.75, 3.05) is 11.1 Å². The summed E-state index contributed by atoms with van der Waals surface area (Å²) < 4.78 is 0.857. The Labute approximate surface area is 161 Å². The van der Waals surface area contributed by atoms with Gasteiger partial charge in [-0.1, -0.05) is 61.6 Å². The molecule has 0 unspecified atom stereocenters. The number of nitrogens with zero attached hydrogens (tertiary/aromatic N) is 3. The van der Waals surface area contributed by atoms with Crippen LogP contribution in [0.3, 0.4) is 0 Å². The number of thioether (sulfide) groups is 1. The first-order valence-electron chi connectivity index (χ1n) is 8.52. The van der Waals surface area contributed by atoms with E-state index in [0.717, 1.165) is 34.2 Å². The van der Waals surface area contributed by atoms with E-state index in [2.05, 4.69) is 40.4 Å². The van der Waals surface area contributed by atoms with E-state index >= 15 is 0 Å². The molecule has 0 bridgehead atoms. The third kappa shape index (κ3) is 4.68. The summed E-state index contributed by atoms with van der Waals surface area (Å²) in [5.41, 5.74) is 3.71. The van der Waals surface area contributed by atoms with Gasteiger partial charge in [-0.25, -0.2) is 0 Å². The van der Waals surface area contributed by atoms with E-state index in [4.69, 9.17) is 0 Å². The summed E-state index contributed by atoms with van der Waals surface area (Å²) in [4.78, 5) is 16.9. The van der Waals surface area contributed by atoms with Crippen molar-refractivity contribution >= 4 is 34.1 Å². The maximum absolute atomic E-state index is 12.4. The molecule has 0 aliphatic rings. The Balaban J connectivity index is 1.67. The summed E-state index contributed by atoms with van der Waals surface area (Å²) in [7, 11) is 0. The predicted octanol–water partition coefficient (Wildman–Crippen LogP) is 4.92. The lowest BCUT2D eigenvalue weighted by atomic mass is 10.1. The van der Waals surface area contributed by atoms with Crippen molar-refractivity contribution in [3.63, 3.8) is 0 Å². The van der Waals surface area contributed by atoms with Crippen LogP contribution in [0.15, 0.2) is 46.9 Å². The molecule has 0 aliphatic carbocycles. The lowest BCUT2D eigenvalue weighted by molar-refractivity contribution is 0.102. The second-order valence-corrected chi connectivity index (χ2v) is 8.13. The smallest absolute Gasteiger partial charge is 0.257 e. The van der Waals surface area contributed by atoms with Crippen molar-refractivity contribution in [2.24, 2.45) is 0 Å². The lowest BCUT2D eigenvalue weighted by Gasteiger charge is -2.05. The van der Waals surface area contributed by atoms with Crippen LogP contribution in [0.4, 0.5) is 5.13 Å². The number of nitrogens with one attached hydrogen (secondary N) is 1. The molecule has 1 amide bonds. The van der Waals surface area contributed by atoms with Gasteiger partial charge in [0.15, 0.2) is 4.34 Å². The second-order valence-electron chi connectivity index (χ2n) is 5.64. The predicted molar refractivity (Wildman–Crippen MR) is 108 cm³/mol. The van der Waals surface area contributed by atoms with Crippen LogP contribution < -0.4 is 5.32 Å². The molecule has 5 nitrogen and oxygen atoms in total. The number of amides is 1. The molecule has 0 saturated carbocycles. The largest absolute Gasteiger partial charge is 0.296 e. The number of carbonyl (C=O) groups excluding carboxylic acids is 1. The van der Waals surface area contributed by atoms with Crippen molar-refractivity contribution in [1.29, 1.82) is 0 Å². The molecular weight excluding hydrogens is 364 g/mol. The fourth-order valence-electron chi connectivity index (χ4n) is 2.44. The van der Waals surface area contributed by atoms with Crippen LogP contribution in [0, 0.1) is 0 Å². The van der Waals surface area contributed by atoms with Crippen LogP contribution in [0.2, 0.25) is 0 Å². The van der Waals surface area contributed by atoms with Crippen LogP contribution in [-0.2, 0) is 6.42 Å². The number of aryl methyl sites for hydroxylation is 1. The van der Waals surface area contributed by atoms with Gasteiger partial charge in [0.05, 0.1) is 5.69 Å². The zero-order valence-corrected chi connectivity index (χ0v) is 16.4. The van der Waals surface area contributed by atoms with E-state index in [-0.39, 0.29) is 5.91 Å². The third-order valence-electron chi connectivity index (χ3n) is 3.70. The van der Waals surface area contributed by atoms with E-state index in [1.165, 1.54) is 16.9 Å². The van der Waals surface area contributed by atoms with E-state index in [0.29, 0.717) is 10.7 Å². The quantitative estimate of drug-likeness (QED) is 0.463. The van der Waals surface area contributed by atoms with Gasteiger partial charge in [-0.05, 0) is 35.9 Å². The Hall–Kier alpha value is -2.25. The summed E-state index contributed by atoms with van der Waals surface area (Å²) in [6.07, 6.45) is 4.06. The molecule has 0 atom stereocenters. The summed E-state index contributed by atoms with van der Waals surface area (Å²) in [6, 6.07) is 11.6. The fourth-order valence-corrected chi connectivity index (χ4v) is 4.08. The molecule has 0 aliphatic heterocycles. The van der Waals surface area contributed by atoms with Gasteiger partial charge >= 0.3 is 0 Å². The average molecular weight is 385 g/mol. The summed E-state index contributed by atoms with van der Waals surface area (Å²) in [5, 5.41) is 11.3. The van der Waals surface area contributed by atoms with Crippen molar-refractivity contribution in [1.82, 2.24) is 15.2 Å². The molecule has 0 saturated heterocycles. The summed E-state index contributed by atoms with van der Waals surface area (Å²) in [6.45, 7) is 4.21. The highest BCUT2D eigenvalue weighted by Gasteiger charge is 2.11. The topological polar surface area (TPSA) is 67.8 Å². The van der Waals surface area contributed by atoms with Crippen LogP contribution in [0.25, 0.3) is 11.3 Å². The number of pyridine rings is 1. The van der Waals surface area contributed by atoms with Crippen LogP contribution in [0.1, 0.15) is 36.2 Å². The minimum atomic E-state index is -0.188. The molecule has 3 rings (SSSR count). The Kier molecular flexibility index (Phi) is 6.35. The summed E-state index contributed by atoms with van der Waals surface area (Å²) in [5.74, 6) is 0.740. The number of benzene rings is 1. The minimum absolute atomic E-state index is 0.188. The van der Waals surface area contributed by atoms with Crippen molar-refractivity contribution < 1.29 is 4.79 Å². The molecule has 3 aromatic rings. The fraction of sp³-hybridized carbons (Fsp3) is 0.263. The van der Waals surface area contributed by atoms with Crippen molar-refractivity contribution in [3.8, 4) is 11.3 Å². The van der Waals surface area contributed by atoms with E-state index in [1.54, 1.807) is 23.9 Å². The normalized spacial score (nSPS) is 10.7. The van der Waals surface area contributed by atoms with Gasteiger partial charge < -0.3 is 0 Å². The first-order valence-corrected chi connectivity index (χ1v) is 10.3. The lowest BCUT2D eigenvalue weighted by Crippen LogP contribution is -2.11. The molecule has 134 valence electrons. The SMILES string of the molecule is CCCc1ccc(-c2ccc(C(=O)Nc3nnc(SCC)s3)cc2)nc1. The van der Waals surface area contributed by atoms with Gasteiger partial charge in [-0.15, -0.1) is 10.2 Å². The highest BCUT2D eigenvalue weighted by Crippen LogP contribution is 2.25. The molecule has 1 N–H and O–H groups in total. The van der Waals surface area contributed by atoms with Gasteiger partial charge in [0.1, 0.15) is 0 Å². The van der Waals surface area contributed by atoms with Gasteiger partial charge in [0.25, 0.3) is 5.91 Å². The van der Waals surface area contributed by atoms with Crippen LogP contribution >= 0.6 is 23.1 Å². The van der Waals surface area contributed by atoms with E-state index in [9.17, 15) is 4.79 Å². The van der Waals surface area contributed by atoms with Gasteiger partial charge in [-0.2, -0.15) is 0 Å². The molecule has 2 aromatic heterocycles. The van der Waals surface area contributed by atoms with Gasteiger partial charge in [0, 0.05) is 17.3 Å². The molecular formula is C19H20N4OS2. The van der Waals surface area contributed by atoms with Gasteiger partial charge in [-0.3, -0.25) is 15.1 Å². The Morgan fingerprint density at radius 1 is 1.12 bits per heavy atom. The Morgan fingerprint density at radius 3 is 2.58 bits per heavy atom. The molecule has 0 fully saturated rings. The highest BCUT2D eigenvalue weighted by atomic mass is 32.2. The van der Waals surface area contributed by atoms with E-state index in [1.807, 2.05) is 24.4 Å². The zero-order valence-electron chi connectivity index (χ0n) is 14.7. The van der Waals surface area contributed by atoms with E-state index < -0.39 is 0 Å². The summed E-state index contributed by atoms with van der Waals surface area (Å²) >= 11 is 2.99. The first kappa shape index (κ1) is 18.5. The molecule has 7 heteroatoms. The number of hydrogen-bond donors (Lipinski definition) is 1. The molecule has 26 heavy (non-hydrogen) atoms.